The second-order valence-electron chi connectivity index (χ2n) is 7.06. The number of carboxylic acid groups (broad SMARTS) is 1. The lowest BCUT2D eigenvalue weighted by molar-refractivity contribution is -0.143. The fraction of sp³-hybridized carbons (Fsp3) is 0.579. The van der Waals surface area contributed by atoms with Crippen molar-refractivity contribution in [1.82, 2.24) is 10.2 Å². The number of hydrogen-bond donors (Lipinski definition) is 2. The van der Waals surface area contributed by atoms with Gasteiger partial charge in [0, 0.05) is 29.3 Å². The average Bonchev–Trinajstić information content (AvgIpc) is 3.09. The van der Waals surface area contributed by atoms with Crippen molar-refractivity contribution in [3.63, 3.8) is 0 Å². The lowest BCUT2D eigenvalue weighted by Gasteiger charge is -2.33. The summed E-state index contributed by atoms with van der Waals surface area (Å²) >= 11 is 1.88. The van der Waals surface area contributed by atoms with Crippen molar-refractivity contribution in [2.24, 2.45) is 5.92 Å². The topological polar surface area (TPSA) is 69.6 Å². The minimum Gasteiger partial charge on any atom is -0.481 e. The molecule has 25 heavy (non-hydrogen) atoms. The summed E-state index contributed by atoms with van der Waals surface area (Å²) in [5, 5.41) is 12.2. The Morgan fingerprint density at radius 3 is 2.40 bits per heavy atom. The molecule has 0 unspecified atom stereocenters. The van der Waals surface area contributed by atoms with Crippen LogP contribution < -0.4 is 5.32 Å². The Morgan fingerprint density at radius 1 is 1.16 bits per heavy atom. The Labute approximate surface area is 153 Å². The molecule has 2 N–H and O–H groups in total. The molecule has 3 rings (SSSR count). The summed E-state index contributed by atoms with van der Waals surface area (Å²) in [5.74, 6) is -1.05. The summed E-state index contributed by atoms with van der Waals surface area (Å²) in [6.45, 7) is 1.73. The van der Waals surface area contributed by atoms with Crippen molar-refractivity contribution >= 4 is 23.8 Å². The van der Waals surface area contributed by atoms with Crippen molar-refractivity contribution < 1.29 is 14.7 Å². The van der Waals surface area contributed by atoms with Crippen LogP contribution in [-0.2, 0) is 4.79 Å². The minimum absolute atomic E-state index is 0.0521. The molecule has 1 aromatic rings. The molecule has 6 heteroatoms. The predicted molar refractivity (Wildman–Crippen MR) is 98.8 cm³/mol. The van der Waals surface area contributed by atoms with E-state index in [4.69, 9.17) is 5.11 Å². The molecular weight excluding hydrogens is 336 g/mol. The van der Waals surface area contributed by atoms with Gasteiger partial charge in [-0.15, -0.1) is 11.8 Å². The summed E-state index contributed by atoms with van der Waals surface area (Å²) in [7, 11) is 0. The molecule has 2 fully saturated rings. The van der Waals surface area contributed by atoms with Gasteiger partial charge in [-0.05, 0) is 37.8 Å². The van der Waals surface area contributed by atoms with Gasteiger partial charge in [0.25, 0.3) is 0 Å². The molecule has 1 aliphatic carbocycles. The maximum atomic E-state index is 12.5. The van der Waals surface area contributed by atoms with E-state index in [-0.39, 0.29) is 16.7 Å². The van der Waals surface area contributed by atoms with Crippen molar-refractivity contribution in [3.8, 4) is 0 Å². The zero-order valence-electron chi connectivity index (χ0n) is 14.4. The van der Waals surface area contributed by atoms with E-state index in [0.29, 0.717) is 32.5 Å². The highest BCUT2D eigenvalue weighted by Gasteiger charge is 2.36. The van der Waals surface area contributed by atoms with E-state index in [0.717, 1.165) is 12.8 Å². The monoisotopic (exact) mass is 362 g/mol. The SMILES string of the molecule is O=C(O)C1CCN(C(=O)NCC2(Sc3ccccc3)CCCC2)CC1. The van der Waals surface area contributed by atoms with E-state index >= 15 is 0 Å². The van der Waals surface area contributed by atoms with Gasteiger partial charge in [-0.2, -0.15) is 0 Å². The zero-order valence-corrected chi connectivity index (χ0v) is 15.3. The van der Waals surface area contributed by atoms with Gasteiger partial charge in [0.15, 0.2) is 0 Å². The number of benzene rings is 1. The molecular formula is C19H26N2O3S. The highest BCUT2D eigenvalue weighted by Crippen LogP contribution is 2.44. The highest BCUT2D eigenvalue weighted by molar-refractivity contribution is 8.00. The maximum Gasteiger partial charge on any atom is 0.317 e. The minimum atomic E-state index is -0.746. The summed E-state index contributed by atoms with van der Waals surface area (Å²) in [6.07, 6.45) is 5.75. The number of aliphatic carboxylic acids is 1. The van der Waals surface area contributed by atoms with E-state index in [1.807, 2.05) is 17.8 Å². The molecule has 1 aromatic carbocycles. The van der Waals surface area contributed by atoms with E-state index in [1.165, 1.54) is 17.7 Å². The lowest BCUT2D eigenvalue weighted by atomic mass is 9.97. The standard InChI is InChI=1S/C19H26N2O3S/c22-17(23)15-8-12-21(13-9-15)18(24)20-14-19(10-4-5-11-19)25-16-6-2-1-3-7-16/h1-3,6-7,15H,4-5,8-14H2,(H,20,24)(H,22,23). The summed E-state index contributed by atoms with van der Waals surface area (Å²) < 4.78 is 0.0798. The molecule has 0 radical (unpaired) electrons. The second-order valence-corrected chi connectivity index (χ2v) is 8.61. The number of thioether (sulfide) groups is 1. The van der Waals surface area contributed by atoms with Crippen molar-refractivity contribution in [3.05, 3.63) is 30.3 Å². The Balaban J connectivity index is 1.53. The number of carbonyl (C=O) groups is 2. The molecule has 2 amide bonds. The fourth-order valence-electron chi connectivity index (χ4n) is 3.75. The fourth-order valence-corrected chi connectivity index (χ4v) is 5.18. The van der Waals surface area contributed by atoms with Gasteiger partial charge < -0.3 is 15.3 Å². The molecule has 0 atom stereocenters. The predicted octanol–water partition coefficient (Wildman–Crippen LogP) is 3.60. The van der Waals surface area contributed by atoms with E-state index in [1.54, 1.807) is 4.90 Å². The van der Waals surface area contributed by atoms with Gasteiger partial charge in [0.1, 0.15) is 0 Å². The number of piperidine rings is 1. The van der Waals surface area contributed by atoms with Crippen LogP contribution in [0.15, 0.2) is 35.2 Å². The zero-order chi connectivity index (χ0) is 17.7. The van der Waals surface area contributed by atoms with Crippen LogP contribution in [0.2, 0.25) is 0 Å². The van der Waals surface area contributed by atoms with Crippen LogP contribution in [-0.4, -0.2) is 46.4 Å². The Bertz CT molecular complexity index is 594. The summed E-state index contributed by atoms with van der Waals surface area (Å²) in [6, 6.07) is 10.3. The second kappa shape index (κ2) is 8.13. The number of nitrogens with zero attached hydrogens (tertiary/aromatic N) is 1. The molecule has 0 bridgehead atoms. The normalized spacial score (nSPS) is 20.4. The summed E-state index contributed by atoms with van der Waals surface area (Å²) in [5.41, 5.74) is 0. The van der Waals surface area contributed by atoms with Gasteiger partial charge in [-0.3, -0.25) is 4.79 Å². The highest BCUT2D eigenvalue weighted by atomic mass is 32.2. The first-order chi connectivity index (χ1) is 12.1. The third kappa shape index (κ3) is 4.69. The molecule has 1 saturated carbocycles. The molecule has 5 nitrogen and oxygen atoms in total. The number of amides is 2. The van der Waals surface area contributed by atoms with Crippen LogP contribution in [0.5, 0.6) is 0 Å². The number of hydrogen-bond acceptors (Lipinski definition) is 3. The van der Waals surface area contributed by atoms with Gasteiger partial charge in [0.05, 0.1) is 5.92 Å². The largest absolute Gasteiger partial charge is 0.481 e. The van der Waals surface area contributed by atoms with Crippen molar-refractivity contribution in [2.45, 2.75) is 48.2 Å². The number of likely N-dealkylation sites (tertiary alicyclic amines) is 1. The number of carboxylic acids is 1. The molecule has 2 aliphatic rings. The van der Waals surface area contributed by atoms with Crippen molar-refractivity contribution in [2.75, 3.05) is 19.6 Å². The van der Waals surface area contributed by atoms with Gasteiger partial charge >= 0.3 is 12.0 Å². The molecule has 0 spiro atoms. The Morgan fingerprint density at radius 2 is 1.80 bits per heavy atom. The maximum absolute atomic E-state index is 12.5. The molecule has 0 aromatic heterocycles. The van der Waals surface area contributed by atoms with Gasteiger partial charge in [-0.25, -0.2) is 4.79 Å². The molecule has 1 heterocycles. The third-order valence-corrected chi connectivity index (χ3v) is 6.78. The van der Waals surface area contributed by atoms with Crippen LogP contribution in [0, 0.1) is 5.92 Å². The van der Waals surface area contributed by atoms with E-state index in [9.17, 15) is 9.59 Å². The quantitative estimate of drug-likeness (QED) is 0.840. The number of urea groups is 1. The van der Waals surface area contributed by atoms with Gasteiger partial charge in [-0.1, -0.05) is 31.0 Å². The van der Waals surface area contributed by atoms with Crippen LogP contribution >= 0.6 is 11.8 Å². The van der Waals surface area contributed by atoms with Crippen LogP contribution in [0.3, 0.4) is 0 Å². The number of rotatable bonds is 5. The van der Waals surface area contributed by atoms with Crippen LogP contribution in [0.4, 0.5) is 4.79 Å². The molecule has 1 aliphatic heterocycles. The molecule has 1 saturated heterocycles. The Hall–Kier alpha value is -1.69. The smallest absolute Gasteiger partial charge is 0.317 e. The van der Waals surface area contributed by atoms with Crippen LogP contribution in [0.1, 0.15) is 38.5 Å². The first-order valence-electron chi connectivity index (χ1n) is 9.08. The van der Waals surface area contributed by atoms with Gasteiger partial charge in [0.2, 0.25) is 0 Å². The van der Waals surface area contributed by atoms with Crippen LogP contribution in [0.25, 0.3) is 0 Å². The number of carbonyl (C=O) groups excluding carboxylic acids is 1. The number of nitrogens with one attached hydrogen (secondary N) is 1. The lowest BCUT2D eigenvalue weighted by Crippen LogP contribution is -2.48. The Kier molecular flexibility index (Phi) is 5.89. The average molecular weight is 362 g/mol. The third-order valence-electron chi connectivity index (χ3n) is 5.29. The van der Waals surface area contributed by atoms with Crippen molar-refractivity contribution in [1.29, 1.82) is 0 Å². The van der Waals surface area contributed by atoms with E-state index in [2.05, 4.69) is 29.6 Å². The van der Waals surface area contributed by atoms with E-state index < -0.39 is 5.97 Å². The first-order valence-corrected chi connectivity index (χ1v) is 9.89. The molecule has 136 valence electrons. The summed E-state index contributed by atoms with van der Waals surface area (Å²) in [4.78, 5) is 26.5. The first kappa shape index (κ1) is 18.1.